The van der Waals surface area contributed by atoms with Crippen LogP contribution in [0.3, 0.4) is 0 Å². The number of rotatable bonds is 6. The Hall–Kier alpha value is -1.53. The molecular weight excluding hydrogens is 252 g/mol. The molecule has 1 atom stereocenters. The SMILES string of the molecule is COC(=O)[C@@H](N)CSCNC(=O)c1ccccc1. The van der Waals surface area contributed by atoms with Crippen molar-refractivity contribution in [1.29, 1.82) is 0 Å². The molecule has 0 saturated carbocycles. The summed E-state index contributed by atoms with van der Waals surface area (Å²) in [5.74, 6) is 0.215. The van der Waals surface area contributed by atoms with Crippen molar-refractivity contribution in [3.05, 3.63) is 35.9 Å². The van der Waals surface area contributed by atoms with Crippen molar-refractivity contribution in [1.82, 2.24) is 5.32 Å². The first-order valence-corrected chi connectivity index (χ1v) is 6.55. The number of ether oxygens (including phenoxy) is 1. The Morgan fingerprint density at radius 2 is 2.06 bits per heavy atom. The highest BCUT2D eigenvalue weighted by molar-refractivity contribution is 7.99. The summed E-state index contributed by atoms with van der Waals surface area (Å²) in [6.45, 7) is 0. The van der Waals surface area contributed by atoms with Crippen molar-refractivity contribution in [3.63, 3.8) is 0 Å². The van der Waals surface area contributed by atoms with E-state index in [1.165, 1.54) is 18.9 Å². The minimum absolute atomic E-state index is 0.144. The molecule has 0 spiro atoms. The van der Waals surface area contributed by atoms with Crippen LogP contribution in [0.2, 0.25) is 0 Å². The fourth-order valence-electron chi connectivity index (χ4n) is 1.21. The van der Waals surface area contributed by atoms with E-state index in [1.54, 1.807) is 24.3 Å². The molecule has 3 N–H and O–H groups in total. The van der Waals surface area contributed by atoms with Gasteiger partial charge in [0.1, 0.15) is 6.04 Å². The lowest BCUT2D eigenvalue weighted by molar-refractivity contribution is -0.141. The van der Waals surface area contributed by atoms with Gasteiger partial charge in [0.2, 0.25) is 0 Å². The summed E-state index contributed by atoms with van der Waals surface area (Å²) in [6, 6.07) is 8.26. The number of hydrogen-bond donors (Lipinski definition) is 2. The number of nitrogens with two attached hydrogens (primary N) is 1. The summed E-state index contributed by atoms with van der Waals surface area (Å²) < 4.78 is 4.49. The Kier molecular flexibility index (Phi) is 6.24. The van der Waals surface area contributed by atoms with Gasteiger partial charge >= 0.3 is 5.97 Å². The number of methoxy groups -OCH3 is 1. The Morgan fingerprint density at radius 1 is 1.39 bits per heavy atom. The van der Waals surface area contributed by atoms with Gasteiger partial charge < -0.3 is 15.8 Å². The first-order chi connectivity index (χ1) is 8.65. The van der Waals surface area contributed by atoms with E-state index >= 15 is 0 Å². The first kappa shape index (κ1) is 14.5. The van der Waals surface area contributed by atoms with E-state index in [1.807, 2.05) is 6.07 Å². The number of carbonyl (C=O) groups excluding carboxylic acids is 2. The predicted octanol–water partition coefficient (Wildman–Crippen LogP) is 0.607. The summed E-state index contributed by atoms with van der Waals surface area (Å²) in [5, 5.41) is 2.73. The van der Waals surface area contributed by atoms with Crippen LogP contribution in [0.4, 0.5) is 0 Å². The quantitative estimate of drug-likeness (QED) is 0.449. The smallest absolute Gasteiger partial charge is 0.323 e. The minimum Gasteiger partial charge on any atom is -0.468 e. The summed E-state index contributed by atoms with van der Waals surface area (Å²) in [5.41, 5.74) is 6.15. The maximum atomic E-state index is 11.6. The third-order valence-corrected chi connectivity index (χ3v) is 3.12. The maximum absolute atomic E-state index is 11.6. The lowest BCUT2D eigenvalue weighted by Gasteiger charge is -2.09. The van der Waals surface area contributed by atoms with E-state index in [0.717, 1.165) is 0 Å². The molecule has 1 amide bonds. The Morgan fingerprint density at radius 3 is 2.67 bits per heavy atom. The van der Waals surface area contributed by atoms with Gasteiger partial charge in [0.15, 0.2) is 0 Å². The molecule has 1 aromatic rings. The number of thioether (sulfide) groups is 1. The zero-order valence-corrected chi connectivity index (χ0v) is 10.9. The molecule has 1 rings (SSSR count). The number of benzene rings is 1. The molecule has 0 bridgehead atoms. The second-order valence-electron chi connectivity index (χ2n) is 3.52. The monoisotopic (exact) mass is 268 g/mol. The molecule has 1 aromatic carbocycles. The molecule has 0 aromatic heterocycles. The molecule has 0 unspecified atom stereocenters. The molecule has 5 nitrogen and oxygen atoms in total. The zero-order valence-electron chi connectivity index (χ0n) is 10.1. The van der Waals surface area contributed by atoms with Crippen LogP contribution in [0.1, 0.15) is 10.4 Å². The first-order valence-electron chi connectivity index (χ1n) is 5.39. The zero-order chi connectivity index (χ0) is 13.4. The van der Waals surface area contributed by atoms with Gasteiger partial charge in [-0.15, -0.1) is 11.8 Å². The second-order valence-corrected chi connectivity index (χ2v) is 4.55. The third kappa shape index (κ3) is 4.77. The van der Waals surface area contributed by atoms with E-state index in [9.17, 15) is 9.59 Å². The van der Waals surface area contributed by atoms with Gasteiger partial charge in [-0.1, -0.05) is 18.2 Å². The summed E-state index contributed by atoms with van der Waals surface area (Å²) in [4.78, 5) is 22.6. The van der Waals surface area contributed by atoms with Crippen LogP contribution < -0.4 is 11.1 Å². The van der Waals surface area contributed by atoms with Crippen LogP contribution in [-0.4, -0.2) is 36.7 Å². The molecule has 98 valence electrons. The van der Waals surface area contributed by atoms with Crippen molar-refractivity contribution in [2.24, 2.45) is 5.73 Å². The van der Waals surface area contributed by atoms with E-state index in [2.05, 4.69) is 10.1 Å². The van der Waals surface area contributed by atoms with E-state index < -0.39 is 12.0 Å². The summed E-state index contributed by atoms with van der Waals surface area (Å²) in [6.07, 6.45) is 0. The van der Waals surface area contributed by atoms with Gasteiger partial charge in [-0.25, -0.2) is 0 Å². The minimum atomic E-state index is -0.659. The largest absolute Gasteiger partial charge is 0.468 e. The van der Waals surface area contributed by atoms with Crippen LogP contribution in [0.25, 0.3) is 0 Å². The highest BCUT2D eigenvalue weighted by Gasteiger charge is 2.13. The van der Waals surface area contributed by atoms with Gasteiger partial charge in [-0.05, 0) is 12.1 Å². The molecule has 0 aliphatic rings. The molecule has 0 aliphatic heterocycles. The molecule has 0 radical (unpaired) electrons. The van der Waals surface area contributed by atoms with Crippen molar-refractivity contribution < 1.29 is 14.3 Å². The van der Waals surface area contributed by atoms with Gasteiger partial charge in [0.25, 0.3) is 5.91 Å². The Labute approximate surface area is 110 Å². The van der Waals surface area contributed by atoms with Crippen LogP contribution >= 0.6 is 11.8 Å². The molecule has 0 saturated heterocycles. The average Bonchev–Trinajstić information content (AvgIpc) is 2.43. The predicted molar refractivity (Wildman–Crippen MR) is 71.2 cm³/mol. The fraction of sp³-hybridized carbons (Fsp3) is 0.333. The third-order valence-electron chi connectivity index (χ3n) is 2.17. The van der Waals surface area contributed by atoms with Gasteiger partial charge in [0, 0.05) is 11.3 Å². The van der Waals surface area contributed by atoms with Gasteiger partial charge in [-0.3, -0.25) is 9.59 Å². The molecule has 18 heavy (non-hydrogen) atoms. The van der Waals surface area contributed by atoms with Gasteiger partial charge in [0.05, 0.1) is 13.0 Å². The number of carbonyl (C=O) groups is 2. The highest BCUT2D eigenvalue weighted by atomic mass is 32.2. The van der Waals surface area contributed by atoms with Crippen LogP contribution in [-0.2, 0) is 9.53 Å². The highest BCUT2D eigenvalue weighted by Crippen LogP contribution is 2.03. The standard InChI is InChI=1S/C12H16N2O3S/c1-17-12(16)10(13)7-18-8-14-11(15)9-5-3-2-4-6-9/h2-6,10H,7-8,13H2,1H3,(H,14,15)/t10-/m0/s1. The Bertz CT molecular complexity index is 398. The van der Waals surface area contributed by atoms with Crippen LogP contribution in [0, 0.1) is 0 Å². The van der Waals surface area contributed by atoms with Gasteiger partial charge in [-0.2, -0.15) is 0 Å². The number of amides is 1. The number of hydrogen-bond acceptors (Lipinski definition) is 5. The summed E-state index contributed by atoms with van der Waals surface area (Å²) >= 11 is 1.37. The average molecular weight is 268 g/mol. The Balaban J connectivity index is 2.23. The van der Waals surface area contributed by atoms with Crippen molar-refractivity contribution in [2.45, 2.75) is 6.04 Å². The van der Waals surface area contributed by atoms with E-state index in [4.69, 9.17) is 5.73 Å². The van der Waals surface area contributed by atoms with Crippen molar-refractivity contribution >= 4 is 23.6 Å². The maximum Gasteiger partial charge on any atom is 0.323 e. The van der Waals surface area contributed by atoms with Crippen LogP contribution in [0.15, 0.2) is 30.3 Å². The van der Waals surface area contributed by atoms with Crippen LogP contribution in [0.5, 0.6) is 0 Å². The van der Waals surface area contributed by atoms with E-state index in [0.29, 0.717) is 17.2 Å². The molecule has 0 aliphatic carbocycles. The lowest BCUT2D eigenvalue weighted by atomic mass is 10.2. The van der Waals surface area contributed by atoms with Crippen molar-refractivity contribution in [2.75, 3.05) is 18.7 Å². The normalized spacial score (nSPS) is 11.7. The topological polar surface area (TPSA) is 81.4 Å². The number of esters is 1. The summed E-state index contributed by atoms with van der Waals surface area (Å²) in [7, 11) is 1.30. The lowest BCUT2D eigenvalue weighted by Crippen LogP contribution is -2.34. The molecule has 6 heteroatoms. The molecule has 0 fully saturated rings. The van der Waals surface area contributed by atoms with Crippen molar-refractivity contribution in [3.8, 4) is 0 Å². The second kappa shape index (κ2) is 7.73. The molecular formula is C12H16N2O3S. The van der Waals surface area contributed by atoms with E-state index in [-0.39, 0.29) is 5.91 Å². The fourth-order valence-corrected chi connectivity index (χ4v) is 1.95. The molecule has 0 heterocycles. The number of nitrogens with one attached hydrogen (secondary N) is 1.